The van der Waals surface area contributed by atoms with E-state index in [1.165, 1.54) is 25.4 Å². The number of carbonyl (C=O) groups excluding carboxylic acids is 3. The van der Waals surface area contributed by atoms with Crippen LogP contribution >= 0.6 is 0 Å². The van der Waals surface area contributed by atoms with Crippen LogP contribution in [0.2, 0.25) is 0 Å². The Balaban J connectivity index is 2.23. The summed E-state index contributed by atoms with van der Waals surface area (Å²) >= 11 is 0. The van der Waals surface area contributed by atoms with Gasteiger partial charge in [-0.25, -0.2) is 9.52 Å². The van der Waals surface area contributed by atoms with Crippen molar-refractivity contribution in [2.24, 2.45) is 10.2 Å². The minimum Gasteiger partial charge on any atom is -0.710 e. The molecule has 0 aliphatic carbocycles. The summed E-state index contributed by atoms with van der Waals surface area (Å²) < 4.78 is 0.434. The van der Waals surface area contributed by atoms with Gasteiger partial charge in [0.25, 0.3) is 17.9 Å². The van der Waals surface area contributed by atoms with Gasteiger partial charge in [-0.2, -0.15) is 0 Å². The second-order valence-electron chi connectivity index (χ2n) is 3.69. The molecule has 9 nitrogen and oxygen atoms in total. The average molecular weight is 263 g/mol. The first-order valence-electron chi connectivity index (χ1n) is 5.22. The minimum atomic E-state index is -1.47. The zero-order valence-electron chi connectivity index (χ0n) is 9.81. The fourth-order valence-electron chi connectivity index (χ4n) is 1.37. The molecule has 0 saturated carbocycles. The summed E-state index contributed by atoms with van der Waals surface area (Å²) in [6.07, 6.45) is 1.20. The zero-order valence-corrected chi connectivity index (χ0v) is 9.81. The van der Waals surface area contributed by atoms with Crippen molar-refractivity contribution in [2.75, 3.05) is 7.05 Å². The molecule has 2 rings (SSSR count). The van der Waals surface area contributed by atoms with E-state index in [9.17, 15) is 19.6 Å². The first-order chi connectivity index (χ1) is 9.00. The topological polar surface area (TPSA) is 118 Å². The number of nitrogens with one attached hydrogen (secondary N) is 1. The highest BCUT2D eigenvalue weighted by Gasteiger charge is 2.40. The molecule has 1 aliphatic heterocycles. The largest absolute Gasteiger partial charge is 0.710 e. The molecule has 0 spiro atoms. The van der Waals surface area contributed by atoms with Crippen molar-refractivity contribution < 1.29 is 19.1 Å². The van der Waals surface area contributed by atoms with Crippen LogP contribution in [0.1, 0.15) is 0 Å². The molecule has 2 heterocycles. The third kappa shape index (κ3) is 2.39. The van der Waals surface area contributed by atoms with Crippen LogP contribution in [0.15, 0.2) is 34.6 Å². The number of pyridine rings is 1. The van der Waals surface area contributed by atoms with Gasteiger partial charge in [0.2, 0.25) is 0 Å². The Kier molecular flexibility index (Phi) is 3.19. The lowest BCUT2D eigenvalue weighted by Gasteiger charge is -2.22. The highest BCUT2D eigenvalue weighted by Crippen LogP contribution is 2.10. The Hall–Kier alpha value is -2.84. The molecule has 9 heteroatoms. The Labute approximate surface area is 107 Å². The first-order valence-corrected chi connectivity index (χ1v) is 5.22. The first kappa shape index (κ1) is 12.6. The predicted octanol–water partition coefficient (Wildman–Crippen LogP) is -0.520. The molecule has 0 radical (unpaired) electrons. The summed E-state index contributed by atoms with van der Waals surface area (Å²) in [6.45, 7) is 0. The Morgan fingerprint density at radius 3 is 2.79 bits per heavy atom. The number of imide groups is 2. The summed E-state index contributed by atoms with van der Waals surface area (Å²) in [5, 5.41) is 20.3. The predicted molar refractivity (Wildman–Crippen MR) is 60.0 cm³/mol. The SMILES string of the molecule is CN1C(=O)NC(=O)C(N=Nc2cccc[n+]2[O-])C1=O. The Morgan fingerprint density at radius 2 is 2.11 bits per heavy atom. The number of amides is 4. The van der Waals surface area contributed by atoms with Crippen molar-refractivity contribution in [1.29, 1.82) is 0 Å². The molecule has 1 aliphatic rings. The van der Waals surface area contributed by atoms with E-state index in [2.05, 4.69) is 10.2 Å². The fraction of sp³-hybridized carbons (Fsp3) is 0.200. The van der Waals surface area contributed by atoms with E-state index < -0.39 is 23.9 Å². The van der Waals surface area contributed by atoms with Gasteiger partial charge in [0, 0.05) is 13.1 Å². The van der Waals surface area contributed by atoms with E-state index >= 15 is 0 Å². The van der Waals surface area contributed by atoms with Crippen LogP contribution in [-0.2, 0) is 9.59 Å². The van der Waals surface area contributed by atoms with Gasteiger partial charge in [-0.1, -0.05) is 11.2 Å². The summed E-state index contributed by atoms with van der Waals surface area (Å²) in [6, 6.07) is 2.14. The number of hydrogen-bond acceptors (Lipinski definition) is 6. The van der Waals surface area contributed by atoms with Crippen LogP contribution in [0.25, 0.3) is 0 Å². The van der Waals surface area contributed by atoms with Crippen molar-refractivity contribution >= 4 is 23.7 Å². The van der Waals surface area contributed by atoms with Crippen LogP contribution < -0.4 is 10.0 Å². The van der Waals surface area contributed by atoms with Crippen molar-refractivity contribution in [3.63, 3.8) is 0 Å². The number of carbonyl (C=O) groups is 3. The number of hydrogen-bond donors (Lipinski definition) is 1. The summed E-state index contributed by atoms with van der Waals surface area (Å²) in [5.74, 6) is -1.74. The summed E-state index contributed by atoms with van der Waals surface area (Å²) in [7, 11) is 1.21. The molecule has 98 valence electrons. The molecule has 1 aromatic heterocycles. The number of likely N-dealkylation sites (N-methyl/N-ethyl adjacent to an activating group) is 1. The second kappa shape index (κ2) is 4.80. The van der Waals surface area contributed by atoms with E-state index in [4.69, 9.17) is 0 Å². The van der Waals surface area contributed by atoms with Crippen molar-refractivity contribution in [3.05, 3.63) is 29.6 Å². The fourth-order valence-corrected chi connectivity index (χ4v) is 1.37. The Bertz CT molecular complexity index is 585. The lowest BCUT2D eigenvalue weighted by molar-refractivity contribution is -0.591. The molecular weight excluding hydrogens is 254 g/mol. The minimum absolute atomic E-state index is 0.0670. The monoisotopic (exact) mass is 263 g/mol. The number of aromatic nitrogens is 1. The van der Waals surface area contributed by atoms with Gasteiger partial charge in [-0.3, -0.25) is 19.8 Å². The van der Waals surface area contributed by atoms with Crippen molar-refractivity contribution in [2.45, 2.75) is 6.04 Å². The zero-order chi connectivity index (χ0) is 14.0. The molecule has 4 amide bonds. The maximum absolute atomic E-state index is 11.7. The molecule has 1 unspecified atom stereocenters. The van der Waals surface area contributed by atoms with Crippen LogP contribution in [0.5, 0.6) is 0 Å². The molecule has 1 saturated heterocycles. The molecule has 19 heavy (non-hydrogen) atoms. The van der Waals surface area contributed by atoms with Gasteiger partial charge in [0.05, 0.1) is 11.3 Å². The highest BCUT2D eigenvalue weighted by atomic mass is 16.5. The van der Waals surface area contributed by atoms with E-state index in [1.54, 1.807) is 6.07 Å². The van der Waals surface area contributed by atoms with Gasteiger partial charge in [0.15, 0.2) is 0 Å². The van der Waals surface area contributed by atoms with Crippen molar-refractivity contribution in [1.82, 2.24) is 10.2 Å². The van der Waals surface area contributed by atoms with Crippen LogP contribution in [-0.4, -0.2) is 35.8 Å². The van der Waals surface area contributed by atoms with Gasteiger partial charge >= 0.3 is 11.8 Å². The van der Waals surface area contributed by atoms with Crippen LogP contribution in [0.3, 0.4) is 0 Å². The van der Waals surface area contributed by atoms with Gasteiger partial charge < -0.3 is 5.21 Å². The summed E-state index contributed by atoms with van der Waals surface area (Å²) in [5.41, 5.74) is 0. The Morgan fingerprint density at radius 1 is 1.37 bits per heavy atom. The number of urea groups is 1. The van der Waals surface area contributed by atoms with Crippen LogP contribution in [0.4, 0.5) is 10.6 Å². The lowest BCUT2D eigenvalue weighted by Crippen LogP contribution is -2.58. The van der Waals surface area contributed by atoms with Gasteiger partial charge in [0.1, 0.15) is 0 Å². The van der Waals surface area contributed by atoms with Gasteiger partial charge in [-0.15, -0.1) is 0 Å². The third-order valence-corrected chi connectivity index (χ3v) is 2.43. The molecule has 0 aromatic carbocycles. The molecular formula is C10H9N5O4. The van der Waals surface area contributed by atoms with E-state index in [0.717, 1.165) is 4.90 Å². The molecule has 1 aromatic rings. The number of rotatable bonds is 2. The van der Waals surface area contributed by atoms with Gasteiger partial charge in [-0.05, 0) is 6.07 Å². The number of azo groups is 1. The highest BCUT2D eigenvalue weighted by molar-refractivity contribution is 6.18. The normalized spacial score (nSPS) is 19.9. The molecule has 0 bridgehead atoms. The molecule has 1 fully saturated rings. The number of nitrogens with zero attached hydrogens (tertiary/aromatic N) is 4. The smallest absolute Gasteiger partial charge is 0.353 e. The maximum atomic E-state index is 11.7. The second-order valence-corrected chi connectivity index (χ2v) is 3.69. The van der Waals surface area contributed by atoms with Crippen molar-refractivity contribution in [3.8, 4) is 0 Å². The number of barbiturate groups is 1. The third-order valence-electron chi connectivity index (χ3n) is 2.43. The van der Waals surface area contributed by atoms with E-state index in [1.807, 2.05) is 5.32 Å². The quantitative estimate of drug-likeness (QED) is 0.334. The lowest BCUT2D eigenvalue weighted by atomic mass is 10.2. The molecule has 1 atom stereocenters. The summed E-state index contributed by atoms with van der Waals surface area (Å²) in [4.78, 5) is 35.0. The van der Waals surface area contributed by atoms with Crippen LogP contribution in [0, 0.1) is 5.21 Å². The maximum Gasteiger partial charge on any atom is 0.353 e. The van der Waals surface area contributed by atoms with E-state index in [0.29, 0.717) is 4.73 Å². The standard InChI is InChI=1S/C10H9N5O4/c1-14-9(17)7(8(16)11-10(14)18)13-12-6-4-2-3-5-15(6)19/h2-5,7H,1H3,(H,11,16,18). The van der Waals surface area contributed by atoms with E-state index in [-0.39, 0.29) is 5.82 Å². The average Bonchev–Trinajstić information content (AvgIpc) is 2.38. The molecule has 1 N–H and O–H groups in total.